The number of hydrogen-bond acceptors (Lipinski definition) is 8. The lowest BCUT2D eigenvalue weighted by Crippen LogP contribution is -1.95. The van der Waals surface area contributed by atoms with Gasteiger partial charge in [-0.15, -0.1) is 10.2 Å². The smallest absolute Gasteiger partial charge is 0.277 e. The molecule has 0 atom stereocenters. The van der Waals surface area contributed by atoms with Crippen LogP contribution in [-0.4, -0.2) is 20.3 Å². The average molecular weight is 324 g/mol. The fraction of sp³-hybridized carbons (Fsp3) is 0.167. The molecule has 0 saturated carbocycles. The van der Waals surface area contributed by atoms with Gasteiger partial charge in [0.1, 0.15) is 0 Å². The number of rotatable bonds is 5. The molecule has 0 aliphatic rings. The van der Waals surface area contributed by atoms with E-state index in [9.17, 15) is 0 Å². The minimum Gasteiger partial charge on any atom is -0.415 e. The zero-order valence-electron chi connectivity index (χ0n) is 10.7. The maximum absolute atomic E-state index is 5.93. The number of nitrogens with two attached hydrogens (primary N) is 1. The molecule has 0 aliphatic carbocycles. The van der Waals surface area contributed by atoms with Crippen LogP contribution >= 0.6 is 23.4 Å². The van der Waals surface area contributed by atoms with E-state index in [0.29, 0.717) is 33.6 Å². The fourth-order valence-corrected chi connectivity index (χ4v) is 2.37. The van der Waals surface area contributed by atoms with E-state index in [4.69, 9.17) is 26.3 Å². The number of thioether (sulfide) groups is 1. The van der Waals surface area contributed by atoms with Crippen molar-refractivity contribution >= 4 is 23.4 Å². The molecule has 9 heteroatoms. The molecule has 0 bridgehead atoms. The predicted octanol–water partition coefficient (Wildman–Crippen LogP) is 2.52. The third-order valence-electron chi connectivity index (χ3n) is 2.49. The molecule has 0 fully saturated rings. The third kappa shape index (κ3) is 3.41. The van der Waals surface area contributed by atoms with Crippen LogP contribution in [0.5, 0.6) is 0 Å². The van der Waals surface area contributed by atoms with Crippen molar-refractivity contribution in [3.8, 4) is 11.4 Å². The molecule has 2 N–H and O–H groups in total. The van der Waals surface area contributed by atoms with Gasteiger partial charge in [0.25, 0.3) is 5.22 Å². The monoisotopic (exact) mass is 323 g/mol. The summed E-state index contributed by atoms with van der Waals surface area (Å²) in [4.78, 5) is 4.29. The van der Waals surface area contributed by atoms with Crippen LogP contribution in [0, 0.1) is 0 Å². The van der Waals surface area contributed by atoms with Crippen molar-refractivity contribution in [3.63, 3.8) is 0 Å². The lowest BCUT2D eigenvalue weighted by Gasteiger charge is -1.93. The molecule has 0 spiro atoms. The highest BCUT2D eigenvalue weighted by Gasteiger charge is 2.11. The van der Waals surface area contributed by atoms with Gasteiger partial charge in [-0.2, -0.15) is 4.98 Å². The van der Waals surface area contributed by atoms with Gasteiger partial charge in [-0.05, 0) is 12.1 Å². The summed E-state index contributed by atoms with van der Waals surface area (Å²) in [5, 5.41) is 12.6. The highest BCUT2D eigenvalue weighted by Crippen LogP contribution is 2.23. The summed E-state index contributed by atoms with van der Waals surface area (Å²) in [5.74, 6) is 1.77. The minimum absolute atomic E-state index is 0.215. The summed E-state index contributed by atoms with van der Waals surface area (Å²) in [6, 6.07) is 7.25. The maximum Gasteiger partial charge on any atom is 0.277 e. The molecular weight excluding hydrogens is 314 g/mol. The first-order chi connectivity index (χ1) is 10.2. The highest BCUT2D eigenvalue weighted by molar-refractivity contribution is 7.98. The van der Waals surface area contributed by atoms with E-state index >= 15 is 0 Å². The van der Waals surface area contributed by atoms with Gasteiger partial charge in [0.15, 0.2) is 0 Å². The number of benzene rings is 1. The quantitative estimate of drug-likeness (QED) is 0.714. The minimum atomic E-state index is 0.215. The second-order valence-electron chi connectivity index (χ2n) is 3.98. The summed E-state index contributed by atoms with van der Waals surface area (Å²) >= 11 is 7.23. The van der Waals surface area contributed by atoms with Gasteiger partial charge in [0.2, 0.25) is 17.6 Å². The highest BCUT2D eigenvalue weighted by atomic mass is 35.5. The largest absolute Gasteiger partial charge is 0.415 e. The van der Waals surface area contributed by atoms with Crippen LogP contribution < -0.4 is 5.73 Å². The summed E-state index contributed by atoms with van der Waals surface area (Å²) in [6.07, 6.45) is 0. The molecule has 0 amide bonds. The zero-order valence-corrected chi connectivity index (χ0v) is 12.3. The Kier molecular flexibility index (Phi) is 4.18. The Hall–Kier alpha value is -1.90. The van der Waals surface area contributed by atoms with Crippen LogP contribution in [-0.2, 0) is 12.3 Å². The molecule has 1 aromatic carbocycles. The van der Waals surface area contributed by atoms with Gasteiger partial charge in [0, 0.05) is 10.6 Å². The second kappa shape index (κ2) is 6.25. The molecule has 0 unspecified atom stereocenters. The van der Waals surface area contributed by atoms with Crippen molar-refractivity contribution in [2.45, 2.75) is 17.5 Å². The lowest BCUT2D eigenvalue weighted by atomic mass is 10.2. The van der Waals surface area contributed by atoms with Crippen LogP contribution in [0.15, 0.2) is 38.4 Å². The predicted molar refractivity (Wildman–Crippen MR) is 76.5 cm³/mol. The molecule has 2 heterocycles. The summed E-state index contributed by atoms with van der Waals surface area (Å²) in [6.45, 7) is 0.215. The number of hydrogen-bond donors (Lipinski definition) is 1. The van der Waals surface area contributed by atoms with Crippen molar-refractivity contribution in [2.24, 2.45) is 5.73 Å². The van der Waals surface area contributed by atoms with Gasteiger partial charge in [-0.3, -0.25) is 0 Å². The summed E-state index contributed by atoms with van der Waals surface area (Å²) in [5.41, 5.74) is 6.19. The molecule has 2 aromatic heterocycles. The third-order valence-corrected chi connectivity index (χ3v) is 3.53. The zero-order chi connectivity index (χ0) is 14.7. The van der Waals surface area contributed by atoms with Crippen LogP contribution in [0.3, 0.4) is 0 Å². The fourth-order valence-electron chi connectivity index (χ4n) is 1.56. The van der Waals surface area contributed by atoms with Crippen molar-refractivity contribution in [3.05, 3.63) is 41.1 Å². The second-order valence-corrected chi connectivity index (χ2v) is 5.34. The molecule has 7 nitrogen and oxygen atoms in total. The Labute approximate surface area is 128 Å². The van der Waals surface area contributed by atoms with Crippen LogP contribution in [0.25, 0.3) is 11.4 Å². The van der Waals surface area contributed by atoms with Gasteiger partial charge in [-0.25, -0.2) is 0 Å². The first-order valence-corrected chi connectivity index (χ1v) is 7.35. The van der Waals surface area contributed by atoms with Gasteiger partial charge in [0.05, 0.1) is 12.3 Å². The number of halogens is 1. The van der Waals surface area contributed by atoms with Crippen LogP contribution in [0.2, 0.25) is 5.02 Å². The molecule has 21 heavy (non-hydrogen) atoms. The van der Waals surface area contributed by atoms with Crippen molar-refractivity contribution in [1.29, 1.82) is 0 Å². The summed E-state index contributed by atoms with van der Waals surface area (Å²) < 4.78 is 10.4. The first kappa shape index (κ1) is 14.1. The van der Waals surface area contributed by atoms with E-state index in [-0.39, 0.29) is 6.54 Å². The Morgan fingerprint density at radius 2 is 2.14 bits per heavy atom. The summed E-state index contributed by atoms with van der Waals surface area (Å²) in [7, 11) is 0. The topological polar surface area (TPSA) is 104 Å². The molecule has 108 valence electrons. The molecular formula is C12H10ClN5O2S. The van der Waals surface area contributed by atoms with Gasteiger partial charge in [-0.1, -0.05) is 40.7 Å². The van der Waals surface area contributed by atoms with Crippen molar-refractivity contribution < 1.29 is 8.94 Å². The molecule has 0 aliphatic heterocycles. The van der Waals surface area contributed by atoms with Crippen LogP contribution in [0.4, 0.5) is 0 Å². The van der Waals surface area contributed by atoms with E-state index < -0.39 is 0 Å². The molecule has 3 rings (SSSR count). The van der Waals surface area contributed by atoms with E-state index in [1.807, 2.05) is 12.1 Å². The normalized spacial score (nSPS) is 11.0. The van der Waals surface area contributed by atoms with E-state index in [1.165, 1.54) is 11.8 Å². The standard InChI is InChI=1S/C12H10ClN5O2S/c13-8-3-1-2-7(4-8)11-15-10(20-18-11)6-21-12-17-16-9(5-14)19-12/h1-4H,5-6,14H2. The maximum atomic E-state index is 5.93. The van der Waals surface area contributed by atoms with Crippen molar-refractivity contribution in [1.82, 2.24) is 20.3 Å². The average Bonchev–Trinajstić information content (AvgIpc) is 3.14. The Bertz CT molecular complexity index is 745. The number of nitrogens with zero attached hydrogens (tertiary/aromatic N) is 4. The lowest BCUT2D eigenvalue weighted by molar-refractivity contribution is 0.389. The Balaban J connectivity index is 1.67. The Morgan fingerprint density at radius 3 is 2.90 bits per heavy atom. The molecule has 0 saturated heterocycles. The number of aromatic nitrogens is 4. The Morgan fingerprint density at radius 1 is 1.24 bits per heavy atom. The van der Waals surface area contributed by atoms with Crippen molar-refractivity contribution in [2.75, 3.05) is 0 Å². The van der Waals surface area contributed by atoms with Gasteiger partial charge >= 0.3 is 0 Å². The van der Waals surface area contributed by atoms with Crippen LogP contribution in [0.1, 0.15) is 11.8 Å². The van der Waals surface area contributed by atoms with E-state index in [1.54, 1.807) is 12.1 Å². The van der Waals surface area contributed by atoms with Gasteiger partial charge < -0.3 is 14.7 Å². The molecule has 3 aromatic rings. The SMILES string of the molecule is NCc1nnc(SCc2nc(-c3cccc(Cl)c3)no2)o1. The van der Waals surface area contributed by atoms with E-state index in [0.717, 1.165) is 5.56 Å². The van der Waals surface area contributed by atoms with E-state index in [2.05, 4.69) is 20.3 Å². The molecule has 0 radical (unpaired) electrons. The first-order valence-electron chi connectivity index (χ1n) is 5.98.